The van der Waals surface area contributed by atoms with Gasteiger partial charge in [0.15, 0.2) is 11.6 Å². The van der Waals surface area contributed by atoms with E-state index in [4.69, 9.17) is 0 Å². The van der Waals surface area contributed by atoms with Gasteiger partial charge < -0.3 is 20.0 Å². The molecule has 0 amide bonds. The van der Waals surface area contributed by atoms with Crippen LogP contribution in [0.1, 0.15) is 26.2 Å². The smallest absolute Gasteiger partial charge is 0.229 e. The highest BCUT2D eigenvalue weighted by Gasteiger charge is 2.40. The van der Waals surface area contributed by atoms with Crippen LogP contribution in [0.2, 0.25) is 0 Å². The summed E-state index contributed by atoms with van der Waals surface area (Å²) in [6.07, 6.45) is 4.64. The monoisotopic (exact) mass is 454 g/mol. The number of aromatic nitrogens is 2. The van der Waals surface area contributed by atoms with Crippen molar-refractivity contribution in [2.75, 3.05) is 61.4 Å². The van der Waals surface area contributed by atoms with Crippen molar-refractivity contribution in [1.82, 2.24) is 25.7 Å². The Morgan fingerprint density at radius 2 is 1.94 bits per heavy atom. The minimum atomic E-state index is -0.367. The predicted octanol–water partition coefficient (Wildman–Crippen LogP) is 2.58. The Labute approximate surface area is 195 Å². The number of likely N-dealkylation sites (N-methyl/N-ethyl adjacent to an activating group) is 1. The lowest BCUT2D eigenvalue weighted by Gasteiger charge is -2.40. The molecule has 0 spiro atoms. The number of hydrogen-bond acceptors (Lipinski definition) is 8. The molecular weight excluding hydrogens is 419 g/mol. The van der Waals surface area contributed by atoms with Gasteiger partial charge in [0.05, 0.1) is 6.20 Å². The highest BCUT2D eigenvalue weighted by atomic mass is 19.1. The van der Waals surface area contributed by atoms with E-state index in [1.54, 1.807) is 0 Å². The molecule has 33 heavy (non-hydrogen) atoms. The van der Waals surface area contributed by atoms with Crippen LogP contribution in [-0.2, 0) is 0 Å². The fourth-order valence-corrected chi connectivity index (χ4v) is 5.51. The Hall–Kier alpha value is -2.49. The van der Waals surface area contributed by atoms with Crippen LogP contribution in [0.5, 0.6) is 0 Å². The second-order valence-electron chi connectivity index (χ2n) is 9.41. The molecule has 3 fully saturated rings. The highest BCUT2D eigenvalue weighted by Crippen LogP contribution is 2.34. The number of rotatable bonds is 6. The fourth-order valence-electron chi connectivity index (χ4n) is 5.51. The Kier molecular flexibility index (Phi) is 6.62. The topological polar surface area (TPSA) is 71.6 Å². The van der Waals surface area contributed by atoms with E-state index < -0.39 is 0 Å². The molecule has 2 saturated heterocycles. The van der Waals surface area contributed by atoms with Gasteiger partial charge in [-0.1, -0.05) is 0 Å². The average Bonchev–Trinajstić information content (AvgIpc) is 3.32. The fraction of sp³-hybridized carbons (Fsp3) is 0.583. The van der Waals surface area contributed by atoms with Gasteiger partial charge in [-0.25, -0.2) is 9.37 Å². The van der Waals surface area contributed by atoms with Crippen LogP contribution in [0.3, 0.4) is 0 Å². The molecular formula is C24H35FN8. The zero-order valence-electron chi connectivity index (χ0n) is 19.6. The molecule has 3 atom stereocenters. The number of benzene rings is 1. The molecule has 0 radical (unpaired) electrons. The lowest BCUT2D eigenvalue weighted by Crippen LogP contribution is -2.49. The van der Waals surface area contributed by atoms with Gasteiger partial charge in [0, 0.05) is 68.6 Å². The molecule has 8 nitrogen and oxygen atoms in total. The summed E-state index contributed by atoms with van der Waals surface area (Å²) in [6, 6.07) is 9.03. The Morgan fingerprint density at radius 1 is 1.15 bits per heavy atom. The Morgan fingerprint density at radius 3 is 2.70 bits per heavy atom. The number of hydrazine groups is 1. The summed E-state index contributed by atoms with van der Waals surface area (Å²) in [6.45, 7) is 7.92. The second kappa shape index (κ2) is 9.79. The molecule has 3 N–H and O–H groups in total. The average molecular weight is 455 g/mol. The van der Waals surface area contributed by atoms with Gasteiger partial charge in [-0.05, 0) is 57.5 Å². The first kappa shape index (κ1) is 22.3. The predicted molar refractivity (Wildman–Crippen MR) is 131 cm³/mol. The van der Waals surface area contributed by atoms with Gasteiger partial charge in [0.1, 0.15) is 0 Å². The zero-order chi connectivity index (χ0) is 22.8. The van der Waals surface area contributed by atoms with E-state index in [-0.39, 0.29) is 11.9 Å². The number of piperazine rings is 1. The van der Waals surface area contributed by atoms with Gasteiger partial charge in [-0.2, -0.15) is 4.98 Å². The Balaban J connectivity index is 1.31. The van der Waals surface area contributed by atoms with Gasteiger partial charge >= 0.3 is 0 Å². The third kappa shape index (κ3) is 4.76. The van der Waals surface area contributed by atoms with Crippen LogP contribution < -0.4 is 26.0 Å². The molecule has 2 aromatic rings. The minimum absolute atomic E-state index is 0.261. The number of nitrogens with one attached hydrogen (secondary N) is 3. The van der Waals surface area contributed by atoms with E-state index in [1.807, 2.05) is 12.1 Å². The van der Waals surface area contributed by atoms with Crippen LogP contribution in [0.15, 0.2) is 30.5 Å². The molecule has 1 aromatic carbocycles. The molecule has 3 unspecified atom stereocenters. The molecule has 3 aliphatic rings. The summed E-state index contributed by atoms with van der Waals surface area (Å²) in [7, 11) is 2.16. The molecule has 1 saturated carbocycles. The maximum atomic E-state index is 14.9. The van der Waals surface area contributed by atoms with E-state index in [0.29, 0.717) is 30.3 Å². The van der Waals surface area contributed by atoms with Crippen molar-refractivity contribution in [3.05, 3.63) is 36.3 Å². The third-order valence-corrected chi connectivity index (χ3v) is 7.38. The SMILES string of the molecule is CCN(c1nc(Nc2ccc(N3CCN(C)CC3)cc2)ncc1F)C1CCCC2NNCC21. The van der Waals surface area contributed by atoms with Crippen LogP contribution in [0, 0.1) is 11.7 Å². The number of hydrogen-bond donors (Lipinski definition) is 3. The van der Waals surface area contributed by atoms with E-state index in [9.17, 15) is 4.39 Å². The van der Waals surface area contributed by atoms with E-state index in [0.717, 1.165) is 57.7 Å². The number of halogens is 1. The van der Waals surface area contributed by atoms with E-state index in [1.165, 1.54) is 11.9 Å². The Bertz CT molecular complexity index is 931. The third-order valence-electron chi connectivity index (χ3n) is 7.38. The molecule has 0 bridgehead atoms. The summed E-state index contributed by atoms with van der Waals surface area (Å²) in [4.78, 5) is 15.7. The maximum Gasteiger partial charge on any atom is 0.229 e. The number of nitrogens with zero attached hydrogens (tertiary/aromatic N) is 5. The maximum absolute atomic E-state index is 14.9. The van der Waals surface area contributed by atoms with Crippen molar-refractivity contribution in [3.63, 3.8) is 0 Å². The summed E-state index contributed by atoms with van der Waals surface area (Å²) in [5, 5.41) is 3.27. The zero-order valence-corrected chi connectivity index (χ0v) is 19.6. The normalized spacial score (nSPS) is 25.7. The minimum Gasteiger partial charge on any atom is -0.369 e. The van der Waals surface area contributed by atoms with Gasteiger partial charge in [-0.15, -0.1) is 0 Å². The first-order chi connectivity index (χ1) is 16.1. The first-order valence-electron chi connectivity index (χ1n) is 12.2. The standard InChI is InChI=1S/C24H35FN8/c1-3-33(22-6-4-5-21-19(22)15-27-30-21)23-20(25)16-26-24(29-23)28-17-7-9-18(10-8-17)32-13-11-31(2)12-14-32/h7-10,16,19,21-22,27,30H,3-6,11-15H2,1-2H3,(H,26,28,29). The summed E-state index contributed by atoms with van der Waals surface area (Å²) < 4.78 is 14.9. The van der Waals surface area contributed by atoms with E-state index >= 15 is 0 Å². The van der Waals surface area contributed by atoms with Crippen LogP contribution in [0.25, 0.3) is 0 Å². The van der Waals surface area contributed by atoms with Crippen molar-refractivity contribution < 1.29 is 4.39 Å². The molecule has 1 aromatic heterocycles. The second-order valence-corrected chi connectivity index (χ2v) is 9.41. The number of fused-ring (bicyclic) bond motifs is 1. The van der Waals surface area contributed by atoms with Crippen LogP contribution in [-0.4, -0.2) is 73.3 Å². The van der Waals surface area contributed by atoms with Gasteiger partial charge in [-0.3, -0.25) is 10.9 Å². The molecule has 3 heterocycles. The lowest BCUT2D eigenvalue weighted by molar-refractivity contribution is 0.278. The van der Waals surface area contributed by atoms with E-state index in [2.05, 4.69) is 66.9 Å². The lowest BCUT2D eigenvalue weighted by atomic mass is 9.81. The first-order valence-corrected chi connectivity index (χ1v) is 12.2. The molecule has 5 rings (SSSR count). The van der Waals surface area contributed by atoms with Crippen LogP contribution >= 0.6 is 0 Å². The summed E-state index contributed by atoms with van der Waals surface area (Å²) >= 11 is 0. The van der Waals surface area contributed by atoms with Crippen molar-refractivity contribution in [1.29, 1.82) is 0 Å². The van der Waals surface area contributed by atoms with Crippen molar-refractivity contribution >= 4 is 23.1 Å². The number of anilines is 4. The van der Waals surface area contributed by atoms with Crippen molar-refractivity contribution in [2.45, 2.75) is 38.3 Å². The molecule has 9 heteroatoms. The quantitative estimate of drug-likeness (QED) is 0.615. The largest absolute Gasteiger partial charge is 0.369 e. The van der Waals surface area contributed by atoms with Crippen molar-refractivity contribution in [3.8, 4) is 0 Å². The highest BCUT2D eigenvalue weighted by molar-refractivity contribution is 5.60. The van der Waals surface area contributed by atoms with Crippen molar-refractivity contribution in [2.24, 2.45) is 5.92 Å². The van der Waals surface area contributed by atoms with Gasteiger partial charge in [0.2, 0.25) is 5.95 Å². The van der Waals surface area contributed by atoms with Crippen LogP contribution in [0.4, 0.5) is 27.5 Å². The molecule has 1 aliphatic carbocycles. The molecule has 178 valence electrons. The molecule has 2 aliphatic heterocycles. The summed E-state index contributed by atoms with van der Waals surface area (Å²) in [5.74, 6) is 0.897. The summed E-state index contributed by atoms with van der Waals surface area (Å²) in [5.41, 5.74) is 8.80. The van der Waals surface area contributed by atoms with Gasteiger partial charge in [0.25, 0.3) is 0 Å².